The van der Waals surface area contributed by atoms with Crippen LogP contribution in [-0.2, 0) is 9.59 Å². The molecule has 1 atom stereocenters. The van der Waals surface area contributed by atoms with Gasteiger partial charge in [0.15, 0.2) is 6.10 Å². The van der Waals surface area contributed by atoms with Gasteiger partial charge in [0.2, 0.25) is 6.41 Å². The van der Waals surface area contributed by atoms with Gasteiger partial charge >= 0.3 is 0 Å². The van der Waals surface area contributed by atoms with Crippen LogP contribution >= 0.6 is 0 Å². The lowest BCUT2D eigenvalue weighted by molar-refractivity contribution is -0.142. The molecule has 0 unspecified atom stereocenters. The fourth-order valence-corrected chi connectivity index (χ4v) is 2.41. The number of nitrogens with zero attached hydrogens (tertiary/aromatic N) is 2. The van der Waals surface area contributed by atoms with Gasteiger partial charge in [-0.05, 0) is 31.0 Å². The van der Waals surface area contributed by atoms with Gasteiger partial charge in [0.1, 0.15) is 5.75 Å². The van der Waals surface area contributed by atoms with E-state index in [1.54, 1.807) is 9.80 Å². The number of carbonyl (C=O) groups is 2. The van der Waals surface area contributed by atoms with Crippen molar-refractivity contribution >= 4 is 12.3 Å². The average Bonchev–Trinajstić information content (AvgIpc) is 2.52. The molecule has 0 aromatic heterocycles. The predicted octanol–water partition coefficient (Wildman–Crippen LogP) is 1.45. The highest BCUT2D eigenvalue weighted by Crippen LogP contribution is 2.17. The molecule has 0 radical (unpaired) electrons. The van der Waals surface area contributed by atoms with Crippen molar-refractivity contribution in [1.29, 1.82) is 0 Å². The Balaban J connectivity index is 1.97. The summed E-state index contributed by atoms with van der Waals surface area (Å²) in [7, 11) is 0. The first-order valence-electron chi connectivity index (χ1n) is 7.35. The van der Waals surface area contributed by atoms with Crippen molar-refractivity contribution in [3.63, 3.8) is 0 Å². The van der Waals surface area contributed by atoms with Gasteiger partial charge in [0.05, 0.1) is 0 Å². The molecule has 1 saturated heterocycles. The van der Waals surface area contributed by atoms with Crippen LogP contribution < -0.4 is 4.74 Å². The monoisotopic (exact) mass is 290 g/mol. The number of hydrogen-bond donors (Lipinski definition) is 0. The first kappa shape index (κ1) is 15.4. The Kier molecular flexibility index (Phi) is 5.20. The van der Waals surface area contributed by atoms with Gasteiger partial charge in [0, 0.05) is 26.2 Å². The van der Waals surface area contributed by atoms with E-state index in [-0.39, 0.29) is 5.91 Å². The second kappa shape index (κ2) is 7.11. The zero-order chi connectivity index (χ0) is 15.2. The lowest BCUT2D eigenvalue weighted by atomic mass is 10.2. The Morgan fingerprint density at radius 3 is 2.62 bits per heavy atom. The normalized spacial score (nSPS) is 16.5. The van der Waals surface area contributed by atoms with Crippen LogP contribution in [0.5, 0.6) is 5.75 Å². The molecule has 0 spiro atoms. The first-order valence-corrected chi connectivity index (χ1v) is 7.35. The summed E-state index contributed by atoms with van der Waals surface area (Å²) in [5, 5.41) is 0. The van der Waals surface area contributed by atoms with Crippen molar-refractivity contribution in [2.24, 2.45) is 0 Å². The van der Waals surface area contributed by atoms with Gasteiger partial charge in [-0.2, -0.15) is 0 Å². The molecule has 1 heterocycles. The maximum Gasteiger partial charge on any atom is 0.263 e. The van der Waals surface area contributed by atoms with E-state index in [2.05, 4.69) is 0 Å². The Morgan fingerprint density at radius 2 is 2.05 bits per heavy atom. The summed E-state index contributed by atoms with van der Waals surface area (Å²) in [6, 6.07) is 7.71. The highest BCUT2D eigenvalue weighted by atomic mass is 16.5. The van der Waals surface area contributed by atoms with Crippen LogP contribution in [0, 0.1) is 6.92 Å². The van der Waals surface area contributed by atoms with E-state index in [0.29, 0.717) is 32.6 Å². The van der Waals surface area contributed by atoms with Crippen LogP contribution in [0.1, 0.15) is 18.9 Å². The second-order valence-corrected chi connectivity index (χ2v) is 5.30. The molecule has 5 nitrogen and oxygen atoms in total. The van der Waals surface area contributed by atoms with E-state index in [1.807, 2.05) is 38.1 Å². The fourth-order valence-electron chi connectivity index (χ4n) is 2.41. The van der Waals surface area contributed by atoms with Crippen molar-refractivity contribution in [2.75, 3.05) is 26.2 Å². The molecule has 0 N–H and O–H groups in total. The molecule has 114 valence electrons. The summed E-state index contributed by atoms with van der Waals surface area (Å²) < 4.78 is 5.84. The van der Waals surface area contributed by atoms with Crippen molar-refractivity contribution in [1.82, 2.24) is 9.80 Å². The Hall–Kier alpha value is -2.04. The molecule has 1 aromatic carbocycles. The quantitative estimate of drug-likeness (QED) is 0.771. The van der Waals surface area contributed by atoms with Crippen LogP contribution in [0.3, 0.4) is 0 Å². The molecule has 21 heavy (non-hydrogen) atoms. The molecule has 1 fully saturated rings. The van der Waals surface area contributed by atoms with Crippen molar-refractivity contribution in [3.05, 3.63) is 29.8 Å². The van der Waals surface area contributed by atoms with Crippen molar-refractivity contribution < 1.29 is 14.3 Å². The smallest absolute Gasteiger partial charge is 0.263 e. The van der Waals surface area contributed by atoms with Gasteiger partial charge < -0.3 is 14.5 Å². The molecular formula is C16H22N2O3. The minimum absolute atomic E-state index is 0.00422. The van der Waals surface area contributed by atoms with Crippen LogP contribution in [0.2, 0.25) is 0 Å². The summed E-state index contributed by atoms with van der Waals surface area (Å²) in [4.78, 5) is 26.7. The lowest BCUT2D eigenvalue weighted by Crippen LogP contribution is -2.51. The Bertz CT molecular complexity index is 496. The molecule has 0 bridgehead atoms. The molecule has 1 aromatic rings. The molecule has 1 aliphatic heterocycles. The van der Waals surface area contributed by atoms with Crippen molar-refractivity contribution in [3.8, 4) is 5.75 Å². The zero-order valence-corrected chi connectivity index (χ0v) is 12.6. The van der Waals surface area contributed by atoms with Gasteiger partial charge in [-0.25, -0.2) is 0 Å². The molecule has 2 rings (SSSR count). The number of benzene rings is 1. The molecular weight excluding hydrogens is 268 g/mol. The fraction of sp³-hybridized carbons (Fsp3) is 0.500. The van der Waals surface area contributed by atoms with E-state index >= 15 is 0 Å². The lowest BCUT2D eigenvalue weighted by Gasteiger charge is -2.34. The van der Waals surface area contributed by atoms with E-state index in [9.17, 15) is 9.59 Å². The van der Waals surface area contributed by atoms with Gasteiger partial charge in [-0.15, -0.1) is 0 Å². The molecule has 2 amide bonds. The summed E-state index contributed by atoms with van der Waals surface area (Å²) in [5.74, 6) is 0.728. The third-order valence-corrected chi connectivity index (χ3v) is 3.69. The summed E-state index contributed by atoms with van der Waals surface area (Å²) >= 11 is 0. The SMILES string of the molecule is CC[C@@H](Oc1cccc(C)c1)C(=O)N1CCN(C=O)CC1. The molecule has 0 aliphatic carbocycles. The predicted molar refractivity (Wildman–Crippen MR) is 80.1 cm³/mol. The van der Waals surface area contributed by atoms with E-state index in [0.717, 1.165) is 17.7 Å². The van der Waals surface area contributed by atoms with Crippen LogP contribution in [-0.4, -0.2) is 54.4 Å². The number of hydrogen-bond acceptors (Lipinski definition) is 3. The highest BCUT2D eigenvalue weighted by molar-refractivity contribution is 5.81. The average molecular weight is 290 g/mol. The van der Waals surface area contributed by atoms with Crippen LogP contribution in [0.25, 0.3) is 0 Å². The number of carbonyl (C=O) groups excluding carboxylic acids is 2. The van der Waals surface area contributed by atoms with Crippen LogP contribution in [0.4, 0.5) is 0 Å². The summed E-state index contributed by atoms with van der Waals surface area (Å²) in [6.07, 6.45) is 0.998. The maximum absolute atomic E-state index is 12.5. The van der Waals surface area contributed by atoms with Crippen LogP contribution in [0.15, 0.2) is 24.3 Å². The minimum Gasteiger partial charge on any atom is -0.481 e. The third-order valence-electron chi connectivity index (χ3n) is 3.69. The largest absolute Gasteiger partial charge is 0.481 e. The Morgan fingerprint density at radius 1 is 1.33 bits per heavy atom. The number of ether oxygens (including phenoxy) is 1. The van der Waals surface area contributed by atoms with Gasteiger partial charge in [0.25, 0.3) is 5.91 Å². The van der Waals surface area contributed by atoms with Gasteiger partial charge in [-0.3, -0.25) is 9.59 Å². The summed E-state index contributed by atoms with van der Waals surface area (Å²) in [5.41, 5.74) is 1.11. The number of rotatable bonds is 5. The highest BCUT2D eigenvalue weighted by Gasteiger charge is 2.27. The van der Waals surface area contributed by atoms with E-state index < -0.39 is 6.10 Å². The number of amides is 2. The van der Waals surface area contributed by atoms with Crippen molar-refractivity contribution in [2.45, 2.75) is 26.4 Å². The Labute approximate surface area is 125 Å². The second-order valence-electron chi connectivity index (χ2n) is 5.30. The zero-order valence-electron chi connectivity index (χ0n) is 12.6. The van der Waals surface area contributed by atoms with E-state index in [1.165, 1.54) is 0 Å². The summed E-state index contributed by atoms with van der Waals surface area (Å²) in [6.45, 7) is 6.27. The van der Waals surface area contributed by atoms with Gasteiger partial charge in [-0.1, -0.05) is 19.1 Å². The number of piperazine rings is 1. The standard InChI is InChI=1S/C16H22N2O3/c1-3-15(21-14-6-4-5-13(2)11-14)16(20)18-9-7-17(12-19)8-10-18/h4-6,11-12,15H,3,7-10H2,1-2H3/t15-/m1/s1. The topological polar surface area (TPSA) is 49.9 Å². The first-order chi connectivity index (χ1) is 10.1. The number of aryl methyl sites for hydroxylation is 1. The third kappa shape index (κ3) is 3.97. The van der Waals surface area contributed by atoms with E-state index in [4.69, 9.17) is 4.74 Å². The molecule has 1 aliphatic rings. The maximum atomic E-state index is 12.5. The minimum atomic E-state index is -0.463. The molecule has 5 heteroatoms. The molecule has 0 saturated carbocycles.